The Balaban J connectivity index is 1.37. The van der Waals surface area contributed by atoms with Gasteiger partial charge in [-0.1, -0.05) is 43.3 Å². The number of carbonyl (C=O) groups excluding carboxylic acids is 3. The summed E-state index contributed by atoms with van der Waals surface area (Å²) in [5.41, 5.74) is 4.19. The SMILES string of the molecule is CCC(=O)NN(CC(C)OC(=O)Nc1cccc2ccccc12)CC(C)OC(=O)Nc1c[c]([Sn]([CH3])([CH3])[CH3])cc2ccccc12. The number of nitrogens with one attached hydrogen (secondary N) is 3. The predicted octanol–water partition coefficient (Wildman–Crippen LogP) is 6.86. The molecule has 0 heterocycles. The minimum atomic E-state index is -2.43. The first-order valence-corrected chi connectivity index (χ1v) is 24.9. The molecule has 0 bridgehead atoms. The van der Waals surface area contributed by atoms with E-state index in [2.05, 4.69) is 49.1 Å². The summed E-state index contributed by atoms with van der Waals surface area (Å²) >= 11 is -2.43. The third-order valence-corrected chi connectivity index (χ3v) is 12.9. The van der Waals surface area contributed by atoms with Crippen molar-refractivity contribution in [1.29, 1.82) is 0 Å². The summed E-state index contributed by atoms with van der Waals surface area (Å²) in [4.78, 5) is 45.0. The van der Waals surface area contributed by atoms with Crippen LogP contribution in [0.1, 0.15) is 27.2 Å². The molecular weight excluding hydrogens is 663 g/mol. The molecule has 4 aromatic carbocycles. The topological polar surface area (TPSA) is 109 Å². The molecule has 0 radical (unpaired) electrons. The molecule has 0 aliphatic carbocycles. The van der Waals surface area contributed by atoms with Gasteiger partial charge in [0.2, 0.25) is 0 Å². The fourth-order valence-electron chi connectivity index (χ4n) is 4.94. The van der Waals surface area contributed by atoms with Gasteiger partial charge in [0.05, 0.1) is 5.69 Å². The van der Waals surface area contributed by atoms with Crippen molar-refractivity contribution >= 4 is 73.0 Å². The van der Waals surface area contributed by atoms with E-state index in [1.165, 1.54) is 3.58 Å². The summed E-state index contributed by atoms with van der Waals surface area (Å²) in [6, 6.07) is 25.7. The van der Waals surface area contributed by atoms with Crippen LogP contribution in [0.15, 0.2) is 78.9 Å². The molecule has 4 rings (SSSR count). The zero-order valence-corrected chi connectivity index (χ0v) is 29.1. The van der Waals surface area contributed by atoms with Crippen LogP contribution in [0.2, 0.25) is 14.8 Å². The van der Waals surface area contributed by atoms with Gasteiger partial charge < -0.3 is 0 Å². The van der Waals surface area contributed by atoms with Crippen LogP contribution in [0.25, 0.3) is 21.5 Å². The van der Waals surface area contributed by atoms with Crippen molar-refractivity contribution in [1.82, 2.24) is 10.4 Å². The maximum absolute atomic E-state index is 13.0. The molecule has 0 fully saturated rings. The van der Waals surface area contributed by atoms with Crippen LogP contribution in [-0.2, 0) is 14.3 Å². The van der Waals surface area contributed by atoms with Crippen LogP contribution in [0.4, 0.5) is 21.0 Å². The Hall–Kier alpha value is -3.83. The summed E-state index contributed by atoms with van der Waals surface area (Å²) in [6.45, 7) is 5.62. The predicted molar refractivity (Wildman–Crippen MR) is 180 cm³/mol. The first-order chi connectivity index (χ1) is 20.9. The summed E-state index contributed by atoms with van der Waals surface area (Å²) in [5.74, 6) is -0.203. The van der Waals surface area contributed by atoms with Gasteiger partial charge in [-0.2, -0.15) is 0 Å². The van der Waals surface area contributed by atoms with E-state index >= 15 is 0 Å². The van der Waals surface area contributed by atoms with Gasteiger partial charge in [-0.25, -0.2) is 4.79 Å². The van der Waals surface area contributed by atoms with Gasteiger partial charge in [-0.3, -0.25) is 5.32 Å². The molecular formula is C34H42N4O5Sn. The third kappa shape index (κ3) is 9.09. The number of anilines is 2. The summed E-state index contributed by atoms with van der Waals surface area (Å²) in [6.07, 6.45) is -2.08. The number of hydrazine groups is 1. The molecule has 0 aliphatic heterocycles. The number of hydrogen-bond acceptors (Lipinski definition) is 6. The van der Waals surface area contributed by atoms with Crippen molar-refractivity contribution in [3.63, 3.8) is 0 Å². The Kier molecular flexibility index (Phi) is 11.1. The van der Waals surface area contributed by atoms with E-state index in [9.17, 15) is 14.4 Å². The van der Waals surface area contributed by atoms with Gasteiger partial charge in [0.1, 0.15) is 0 Å². The van der Waals surface area contributed by atoms with E-state index in [4.69, 9.17) is 9.47 Å². The Morgan fingerprint density at radius 2 is 1.25 bits per heavy atom. The average molecular weight is 705 g/mol. The minimum absolute atomic E-state index is 0.190. The molecule has 232 valence electrons. The molecule has 44 heavy (non-hydrogen) atoms. The number of ether oxygens (including phenoxy) is 2. The van der Waals surface area contributed by atoms with Crippen molar-refractivity contribution < 1.29 is 23.9 Å². The molecule has 10 heteroatoms. The van der Waals surface area contributed by atoms with Crippen LogP contribution in [0, 0.1) is 0 Å². The van der Waals surface area contributed by atoms with Crippen molar-refractivity contribution in [2.24, 2.45) is 0 Å². The van der Waals surface area contributed by atoms with E-state index in [-0.39, 0.29) is 25.4 Å². The van der Waals surface area contributed by atoms with E-state index in [0.717, 1.165) is 27.2 Å². The van der Waals surface area contributed by atoms with Crippen molar-refractivity contribution in [2.75, 3.05) is 23.7 Å². The van der Waals surface area contributed by atoms with Crippen LogP contribution in [0.3, 0.4) is 0 Å². The van der Waals surface area contributed by atoms with Crippen molar-refractivity contribution in [3.8, 4) is 0 Å². The third-order valence-electron chi connectivity index (χ3n) is 7.17. The van der Waals surface area contributed by atoms with Gasteiger partial charge >= 0.3 is 188 Å². The van der Waals surface area contributed by atoms with Gasteiger partial charge in [-0.05, 0) is 11.5 Å². The Labute approximate surface area is 263 Å². The zero-order chi connectivity index (χ0) is 31.9. The molecule has 0 spiro atoms. The fourth-order valence-corrected chi connectivity index (χ4v) is 8.27. The molecule has 0 saturated carbocycles. The van der Waals surface area contributed by atoms with Gasteiger partial charge in [-0.15, -0.1) is 0 Å². The Morgan fingerprint density at radius 1 is 0.727 bits per heavy atom. The first-order valence-electron chi connectivity index (χ1n) is 14.9. The van der Waals surface area contributed by atoms with E-state index in [1.807, 2.05) is 60.7 Å². The van der Waals surface area contributed by atoms with Crippen molar-refractivity contribution in [2.45, 2.75) is 54.2 Å². The van der Waals surface area contributed by atoms with Crippen LogP contribution in [-0.4, -0.2) is 66.8 Å². The Bertz CT molecular complexity index is 1630. The number of amides is 3. The fraction of sp³-hybridized carbons (Fsp3) is 0.324. The summed E-state index contributed by atoms with van der Waals surface area (Å²) in [5, 5.41) is 11.3. The van der Waals surface area contributed by atoms with Crippen LogP contribution >= 0.6 is 0 Å². The quantitative estimate of drug-likeness (QED) is 0.116. The number of hydrogen-bond donors (Lipinski definition) is 3. The summed E-state index contributed by atoms with van der Waals surface area (Å²) in [7, 11) is 0. The van der Waals surface area contributed by atoms with Crippen LogP contribution < -0.4 is 19.6 Å². The van der Waals surface area contributed by atoms with Crippen molar-refractivity contribution in [3.05, 3.63) is 78.9 Å². The molecule has 4 aromatic rings. The first kappa shape index (κ1) is 33.1. The standard InChI is InChI=1S/C31H33N4O5.3CH3.Sn/c1-4-29(36)34-35(19-21(2)39-30(37)32-27-17-9-13-23-11-5-7-15-25(23)27)20-22(3)40-31(38)33-28-18-10-14-24-12-6-8-16-26(24)28;;;;/h5-9,11-18,21-22H,4,19-20H2,1-3H3,(H,32,37)(H,33,38)(H,34,36);3*1H3;. The number of rotatable bonds is 11. The number of carbonyl (C=O) groups is 3. The average Bonchev–Trinajstić information content (AvgIpc) is 2.96. The zero-order valence-electron chi connectivity index (χ0n) is 26.3. The number of fused-ring (bicyclic) bond motifs is 2. The maximum atomic E-state index is 13.0. The molecule has 0 saturated heterocycles. The second kappa shape index (κ2) is 14.8. The Morgan fingerprint density at radius 3 is 1.84 bits per heavy atom. The molecule has 3 amide bonds. The van der Waals surface area contributed by atoms with E-state index in [1.54, 1.807) is 25.8 Å². The van der Waals surface area contributed by atoms with Gasteiger partial charge in [0.15, 0.2) is 0 Å². The molecule has 2 atom stereocenters. The summed E-state index contributed by atoms with van der Waals surface area (Å²) < 4.78 is 12.6. The molecule has 0 aromatic heterocycles. The molecule has 2 unspecified atom stereocenters. The van der Waals surface area contributed by atoms with Gasteiger partial charge in [0.25, 0.3) is 0 Å². The van der Waals surface area contributed by atoms with Gasteiger partial charge in [0, 0.05) is 5.39 Å². The molecule has 3 N–H and O–H groups in total. The molecule has 9 nitrogen and oxygen atoms in total. The second-order valence-electron chi connectivity index (χ2n) is 12.0. The number of nitrogens with zero attached hydrogens (tertiary/aromatic N) is 1. The number of benzene rings is 4. The van der Waals surface area contributed by atoms with E-state index < -0.39 is 42.8 Å². The normalized spacial score (nSPS) is 12.9. The van der Waals surface area contributed by atoms with Crippen LogP contribution in [0.5, 0.6) is 0 Å². The van der Waals surface area contributed by atoms with E-state index in [0.29, 0.717) is 5.69 Å². The second-order valence-corrected chi connectivity index (χ2v) is 26.5. The monoisotopic (exact) mass is 706 g/mol. The molecule has 0 aliphatic rings.